The van der Waals surface area contributed by atoms with Crippen molar-refractivity contribution in [2.75, 3.05) is 0 Å². The van der Waals surface area contributed by atoms with E-state index in [1.165, 1.54) is 11.1 Å². The number of amides is 1. The van der Waals surface area contributed by atoms with Crippen molar-refractivity contribution in [3.05, 3.63) is 35.4 Å². The van der Waals surface area contributed by atoms with Crippen LogP contribution in [-0.2, 0) is 9.59 Å². The van der Waals surface area contributed by atoms with Crippen molar-refractivity contribution in [2.45, 2.75) is 64.3 Å². The van der Waals surface area contributed by atoms with Gasteiger partial charge in [-0.2, -0.15) is 0 Å². The van der Waals surface area contributed by atoms with Crippen molar-refractivity contribution in [1.29, 1.82) is 0 Å². The molecule has 1 amide bonds. The lowest BCUT2D eigenvalue weighted by molar-refractivity contribution is -0.142. The molecule has 0 aliphatic heterocycles. The minimum atomic E-state index is -0.708. The number of carbonyl (C=O) groups excluding carboxylic acids is 1. The molecule has 1 aromatic carbocycles. The molecule has 2 N–H and O–H groups in total. The molecule has 0 spiro atoms. The number of carbonyl (C=O) groups is 2. The first-order valence-electron chi connectivity index (χ1n) is 8.58. The fourth-order valence-electron chi connectivity index (χ4n) is 3.33. The van der Waals surface area contributed by atoms with Gasteiger partial charge in [-0.25, -0.2) is 0 Å². The molecule has 1 fully saturated rings. The van der Waals surface area contributed by atoms with Crippen LogP contribution in [-0.4, -0.2) is 23.0 Å². The Hall–Kier alpha value is -1.84. The summed E-state index contributed by atoms with van der Waals surface area (Å²) >= 11 is 0. The van der Waals surface area contributed by atoms with Gasteiger partial charge < -0.3 is 10.4 Å². The Balaban J connectivity index is 1.84. The zero-order chi connectivity index (χ0) is 16.8. The molecule has 1 aliphatic carbocycles. The summed E-state index contributed by atoms with van der Waals surface area (Å²) < 4.78 is 0. The molecular formula is C19H27NO3. The highest BCUT2D eigenvalue weighted by atomic mass is 16.4. The van der Waals surface area contributed by atoms with Crippen LogP contribution in [0.1, 0.15) is 62.5 Å². The Morgan fingerprint density at radius 3 is 2.30 bits per heavy atom. The summed E-state index contributed by atoms with van der Waals surface area (Å²) in [6.07, 6.45) is 4.29. The van der Waals surface area contributed by atoms with Crippen LogP contribution in [0.4, 0.5) is 0 Å². The lowest BCUT2D eigenvalue weighted by Crippen LogP contribution is -2.39. The molecule has 0 radical (unpaired) electrons. The third-order valence-corrected chi connectivity index (χ3v) is 4.91. The lowest BCUT2D eigenvalue weighted by Gasteiger charge is -2.27. The monoisotopic (exact) mass is 317 g/mol. The normalized spacial score (nSPS) is 22.3. The molecule has 23 heavy (non-hydrogen) atoms. The van der Waals surface area contributed by atoms with Crippen molar-refractivity contribution < 1.29 is 14.7 Å². The first-order chi connectivity index (χ1) is 11.0. The molecular weight excluding hydrogens is 290 g/mol. The van der Waals surface area contributed by atoms with E-state index in [0.717, 1.165) is 19.3 Å². The number of rotatable bonds is 6. The maximum absolute atomic E-state index is 12.3. The number of aliphatic carboxylic acids is 1. The van der Waals surface area contributed by atoms with Gasteiger partial charge in [0.1, 0.15) is 0 Å². The second-order valence-corrected chi connectivity index (χ2v) is 6.67. The Morgan fingerprint density at radius 2 is 1.78 bits per heavy atom. The second kappa shape index (κ2) is 8.14. The molecule has 1 aromatic rings. The Bertz CT molecular complexity index is 530. The Kier molecular flexibility index (Phi) is 6.20. The van der Waals surface area contributed by atoms with Crippen molar-refractivity contribution in [3.8, 4) is 0 Å². The van der Waals surface area contributed by atoms with Crippen LogP contribution < -0.4 is 5.32 Å². The van der Waals surface area contributed by atoms with Crippen LogP contribution in [0.2, 0.25) is 0 Å². The molecule has 0 bridgehead atoms. The number of carboxylic acid groups (broad SMARTS) is 1. The number of hydrogen-bond acceptors (Lipinski definition) is 2. The number of benzene rings is 1. The van der Waals surface area contributed by atoms with Gasteiger partial charge in [-0.05, 0) is 50.5 Å². The van der Waals surface area contributed by atoms with Gasteiger partial charge in [-0.15, -0.1) is 0 Å². The topological polar surface area (TPSA) is 66.4 Å². The third-order valence-electron chi connectivity index (χ3n) is 4.91. The highest BCUT2D eigenvalue weighted by Crippen LogP contribution is 2.26. The fourth-order valence-corrected chi connectivity index (χ4v) is 3.33. The molecule has 0 heterocycles. The molecule has 1 aliphatic rings. The predicted molar refractivity (Wildman–Crippen MR) is 90.4 cm³/mol. The van der Waals surface area contributed by atoms with Crippen molar-refractivity contribution in [2.24, 2.45) is 5.92 Å². The van der Waals surface area contributed by atoms with E-state index < -0.39 is 5.97 Å². The van der Waals surface area contributed by atoms with E-state index in [2.05, 4.69) is 43.4 Å². The van der Waals surface area contributed by atoms with Gasteiger partial charge in [-0.1, -0.05) is 36.8 Å². The largest absolute Gasteiger partial charge is 0.481 e. The van der Waals surface area contributed by atoms with E-state index in [9.17, 15) is 9.59 Å². The van der Waals surface area contributed by atoms with Gasteiger partial charge in [-0.3, -0.25) is 9.59 Å². The Labute approximate surface area is 138 Å². The maximum atomic E-state index is 12.3. The zero-order valence-corrected chi connectivity index (χ0v) is 14.0. The third kappa shape index (κ3) is 5.08. The summed E-state index contributed by atoms with van der Waals surface area (Å²) in [6.45, 7) is 4.17. The average Bonchev–Trinajstić information content (AvgIpc) is 2.54. The first kappa shape index (κ1) is 17.5. The van der Waals surface area contributed by atoms with Gasteiger partial charge in [0.15, 0.2) is 0 Å². The smallest absolute Gasteiger partial charge is 0.306 e. The van der Waals surface area contributed by atoms with E-state index in [-0.39, 0.29) is 23.8 Å². The van der Waals surface area contributed by atoms with Crippen LogP contribution in [0.15, 0.2) is 24.3 Å². The first-order valence-corrected chi connectivity index (χ1v) is 8.58. The number of hydrogen-bond donors (Lipinski definition) is 2. The van der Waals surface area contributed by atoms with Gasteiger partial charge >= 0.3 is 5.97 Å². The molecule has 1 saturated carbocycles. The molecule has 126 valence electrons. The SMILES string of the molecule is CCC(CC(=O)NC1CCC(C(=O)O)CC1)c1ccc(C)cc1. The number of nitrogens with one attached hydrogen (secondary N) is 1. The van der Waals surface area contributed by atoms with Gasteiger partial charge in [0, 0.05) is 12.5 Å². The lowest BCUT2D eigenvalue weighted by atomic mass is 9.86. The summed E-state index contributed by atoms with van der Waals surface area (Å²) in [4.78, 5) is 23.3. The van der Waals surface area contributed by atoms with Gasteiger partial charge in [0.25, 0.3) is 0 Å². The highest BCUT2D eigenvalue weighted by molar-refractivity contribution is 5.77. The number of carboxylic acids is 1. The quantitative estimate of drug-likeness (QED) is 0.842. The zero-order valence-electron chi connectivity index (χ0n) is 14.0. The van der Waals surface area contributed by atoms with Crippen LogP contribution in [0, 0.1) is 12.8 Å². The molecule has 2 rings (SSSR count). The molecule has 4 heteroatoms. The van der Waals surface area contributed by atoms with Crippen LogP contribution in [0.5, 0.6) is 0 Å². The van der Waals surface area contributed by atoms with E-state index in [4.69, 9.17) is 5.11 Å². The second-order valence-electron chi connectivity index (χ2n) is 6.67. The molecule has 1 atom stereocenters. The van der Waals surface area contributed by atoms with E-state index >= 15 is 0 Å². The summed E-state index contributed by atoms with van der Waals surface area (Å²) in [5, 5.41) is 12.1. The Morgan fingerprint density at radius 1 is 1.17 bits per heavy atom. The minimum absolute atomic E-state index is 0.0798. The minimum Gasteiger partial charge on any atom is -0.481 e. The average molecular weight is 317 g/mol. The summed E-state index contributed by atoms with van der Waals surface area (Å²) in [5.74, 6) is -0.624. The highest BCUT2D eigenvalue weighted by Gasteiger charge is 2.27. The van der Waals surface area contributed by atoms with Gasteiger partial charge in [0.05, 0.1) is 5.92 Å². The van der Waals surface area contributed by atoms with E-state index in [1.807, 2.05) is 0 Å². The van der Waals surface area contributed by atoms with Crippen molar-refractivity contribution in [1.82, 2.24) is 5.32 Å². The van der Waals surface area contributed by atoms with Crippen molar-refractivity contribution >= 4 is 11.9 Å². The van der Waals surface area contributed by atoms with E-state index in [1.54, 1.807) is 0 Å². The molecule has 0 saturated heterocycles. The summed E-state index contributed by atoms with van der Waals surface area (Å²) in [5.41, 5.74) is 2.44. The predicted octanol–water partition coefficient (Wildman–Crippen LogP) is 3.64. The standard InChI is InChI=1S/C19H27NO3/c1-3-14(15-6-4-13(2)5-7-15)12-18(21)20-17-10-8-16(9-11-17)19(22)23/h4-7,14,16-17H,3,8-12H2,1-2H3,(H,20,21)(H,22,23). The fraction of sp³-hybridized carbons (Fsp3) is 0.579. The summed E-state index contributed by atoms with van der Waals surface area (Å²) in [7, 11) is 0. The van der Waals surface area contributed by atoms with Gasteiger partial charge in [0.2, 0.25) is 5.91 Å². The van der Waals surface area contributed by atoms with E-state index in [0.29, 0.717) is 19.3 Å². The van der Waals surface area contributed by atoms with Crippen molar-refractivity contribution in [3.63, 3.8) is 0 Å². The summed E-state index contributed by atoms with van der Waals surface area (Å²) in [6, 6.07) is 8.52. The van der Waals surface area contributed by atoms with Crippen LogP contribution in [0.3, 0.4) is 0 Å². The number of aryl methyl sites for hydroxylation is 1. The molecule has 0 aromatic heterocycles. The molecule has 4 nitrogen and oxygen atoms in total. The molecule has 1 unspecified atom stereocenters. The van der Waals surface area contributed by atoms with Crippen LogP contribution >= 0.6 is 0 Å². The van der Waals surface area contributed by atoms with Crippen LogP contribution in [0.25, 0.3) is 0 Å². The maximum Gasteiger partial charge on any atom is 0.306 e.